The number of rotatable bonds is 2. The summed E-state index contributed by atoms with van der Waals surface area (Å²) < 4.78 is 0. The molecule has 3 rings (SSSR count). The molecule has 2 aromatic carbocycles. The van der Waals surface area contributed by atoms with E-state index in [0.717, 1.165) is 22.2 Å². The molecule has 0 radical (unpaired) electrons. The van der Waals surface area contributed by atoms with E-state index in [1.807, 2.05) is 24.3 Å². The fourth-order valence-electron chi connectivity index (χ4n) is 2.07. The summed E-state index contributed by atoms with van der Waals surface area (Å²) in [5.74, 6) is 5.86. The first-order valence-electron chi connectivity index (χ1n) is 6.08. The molecule has 1 aromatic heterocycles. The number of anilines is 1. The van der Waals surface area contributed by atoms with Crippen LogP contribution in [-0.4, -0.2) is 9.97 Å². The van der Waals surface area contributed by atoms with Gasteiger partial charge in [0.05, 0.1) is 11.2 Å². The standard InChI is InChI=1S/C15H14N4/c1-10-6-8-11(9-7-10)14-12-4-2-3-5-13(12)17-15(18-14)19-16/h2-9H,16H2,1H3,(H,17,18,19). The van der Waals surface area contributed by atoms with E-state index in [1.165, 1.54) is 5.56 Å². The predicted octanol–water partition coefficient (Wildman–Crippen LogP) is 2.89. The van der Waals surface area contributed by atoms with E-state index in [-0.39, 0.29) is 0 Å². The monoisotopic (exact) mass is 250 g/mol. The second kappa shape index (κ2) is 4.66. The molecule has 0 aliphatic heterocycles. The largest absolute Gasteiger partial charge is 0.292 e. The first-order chi connectivity index (χ1) is 9.28. The Morgan fingerprint density at radius 3 is 2.42 bits per heavy atom. The van der Waals surface area contributed by atoms with Gasteiger partial charge in [0.25, 0.3) is 0 Å². The van der Waals surface area contributed by atoms with Crippen LogP contribution in [0.5, 0.6) is 0 Å². The summed E-state index contributed by atoms with van der Waals surface area (Å²) in [5.41, 5.74) is 6.56. The molecule has 19 heavy (non-hydrogen) atoms. The molecule has 0 unspecified atom stereocenters. The molecule has 0 saturated heterocycles. The summed E-state index contributed by atoms with van der Waals surface area (Å²) in [6.45, 7) is 2.06. The Morgan fingerprint density at radius 2 is 1.68 bits per heavy atom. The fourth-order valence-corrected chi connectivity index (χ4v) is 2.07. The van der Waals surface area contributed by atoms with E-state index in [1.54, 1.807) is 0 Å². The van der Waals surface area contributed by atoms with Gasteiger partial charge in [-0.2, -0.15) is 0 Å². The van der Waals surface area contributed by atoms with Gasteiger partial charge in [-0.1, -0.05) is 48.0 Å². The van der Waals surface area contributed by atoms with Crippen LogP contribution < -0.4 is 11.3 Å². The van der Waals surface area contributed by atoms with Crippen molar-refractivity contribution in [2.24, 2.45) is 5.84 Å². The number of para-hydroxylation sites is 1. The highest BCUT2D eigenvalue weighted by molar-refractivity contribution is 5.93. The Morgan fingerprint density at radius 1 is 0.947 bits per heavy atom. The van der Waals surface area contributed by atoms with Crippen LogP contribution in [0.3, 0.4) is 0 Å². The van der Waals surface area contributed by atoms with E-state index in [4.69, 9.17) is 5.84 Å². The van der Waals surface area contributed by atoms with Gasteiger partial charge in [0, 0.05) is 10.9 Å². The summed E-state index contributed by atoms with van der Waals surface area (Å²) in [6.07, 6.45) is 0. The van der Waals surface area contributed by atoms with Crippen LogP contribution in [0.25, 0.3) is 22.2 Å². The van der Waals surface area contributed by atoms with Crippen LogP contribution in [0.1, 0.15) is 5.56 Å². The summed E-state index contributed by atoms with van der Waals surface area (Å²) in [5, 5.41) is 1.02. The van der Waals surface area contributed by atoms with Crippen molar-refractivity contribution in [3.63, 3.8) is 0 Å². The van der Waals surface area contributed by atoms with Crippen LogP contribution in [0.15, 0.2) is 48.5 Å². The number of nitrogens with zero attached hydrogens (tertiary/aromatic N) is 2. The zero-order chi connectivity index (χ0) is 13.2. The molecule has 0 saturated carbocycles. The zero-order valence-corrected chi connectivity index (χ0v) is 10.6. The highest BCUT2D eigenvalue weighted by Crippen LogP contribution is 2.27. The first kappa shape index (κ1) is 11.6. The second-order valence-corrected chi connectivity index (χ2v) is 4.42. The molecule has 0 fully saturated rings. The molecule has 0 amide bonds. The highest BCUT2D eigenvalue weighted by Gasteiger charge is 2.08. The fraction of sp³-hybridized carbons (Fsp3) is 0.0667. The maximum Gasteiger partial charge on any atom is 0.238 e. The molecule has 3 N–H and O–H groups in total. The van der Waals surface area contributed by atoms with E-state index >= 15 is 0 Å². The molecule has 3 aromatic rings. The van der Waals surface area contributed by atoms with Gasteiger partial charge in [-0.15, -0.1) is 0 Å². The average molecular weight is 250 g/mol. The second-order valence-electron chi connectivity index (χ2n) is 4.42. The van der Waals surface area contributed by atoms with Crippen molar-refractivity contribution in [1.82, 2.24) is 9.97 Å². The minimum absolute atomic E-state index is 0.425. The topological polar surface area (TPSA) is 63.8 Å². The Kier molecular flexibility index (Phi) is 2.85. The molecular weight excluding hydrogens is 236 g/mol. The molecule has 4 heteroatoms. The van der Waals surface area contributed by atoms with Gasteiger partial charge in [0.2, 0.25) is 5.95 Å². The van der Waals surface area contributed by atoms with Crippen molar-refractivity contribution in [3.8, 4) is 11.3 Å². The molecule has 0 aliphatic carbocycles. The normalized spacial score (nSPS) is 10.6. The SMILES string of the molecule is Cc1ccc(-c2nc(NN)nc3ccccc23)cc1. The Labute approximate surface area is 111 Å². The van der Waals surface area contributed by atoms with Crippen molar-refractivity contribution in [1.29, 1.82) is 0 Å². The van der Waals surface area contributed by atoms with Crippen LogP contribution >= 0.6 is 0 Å². The number of fused-ring (bicyclic) bond motifs is 1. The number of benzene rings is 2. The quantitative estimate of drug-likeness (QED) is 0.542. The summed E-state index contributed by atoms with van der Waals surface area (Å²) >= 11 is 0. The molecule has 4 nitrogen and oxygen atoms in total. The van der Waals surface area contributed by atoms with Crippen LogP contribution in [0.2, 0.25) is 0 Å². The number of hydrogen-bond donors (Lipinski definition) is 2. The van der Waals surface area contributed by atoms with E-state index in [0.29, 0.717) is 5.95 Å². The van der Waals surface area contributed by atoms with Gasteiger partial charge in [-0.05, 0) is 13.0 Å². The maximum atomic E-state index is 5.44. The molecule has 1 heterocycles. The Hall–Kier alpha value is -2.46. The van der Waals surface area contributed by atoms with Gasteiger partial charge >= 0.3 is 0 Å². The average Bonchev–Trinajstić information content (AvgIpc) is 2.47. The zero-order valence-electron chi connectivity index (χ0n) is 10.6. The lowest BCUT2D eigenvalue weighted by atomic mass is 10.1. The van der Waals surface area contributed by atoms with Crippen LogP contribution in [0, 0.1) is 6.92 Å². The molecule has 0 aliphatic rings. The third-order valence-corrected chi connectivity index (χ3v) is 3.06. The van der Waals surface area contributed by atoms with Gasteiger partial charge in [-0.3, -0.25) is 5.43 Å². The van der Waals surface area contributed by atoms with E-state index in [9.17, 15) is 0 Å². The molecule has 0 atom stereocenters. The molecular formula is C15H14N4. The third kappa shape index (κ3) is 2.13. The lowest BCUT2D eigenvalue weighted by Crippen LogP contribution is -2.11. The minimum Gasteiger partial charge on any atom is -0.292 e. The van der Waals surface area contributed by atoms with Crippen LogP contribution in [0.4, 0.5) is 5.95 Å². The van der Waals surface area contributed by atoms with Crippen molar-refractivity contribution in [2.75, 3.05) is 5.43 Å². The van der Waals surface area contributed by atoms with Gasteiger partial charge in [0.15, 0.2) is 0 Å². The number of aryl methyl sites for hydroxylation is 1. The lowest BCUT2D eigenvalue weighted by molar-refractivity contribution is 1.15. The van der Waals surface area contributed by atoms with Crippen molar-refractivity contribution < 1.29 is 0 Å². The first-order valence-corrected chi connectivity index (χ1v) is 6.08. The van der Waals surface area contributed by atoms with Crippen molar-refractivity contribution >= 4 is 16.9 Å². The number of nitrogens with one attached hydrogen (secondary N) is 1. The predicted molar refractivity (Wildman–Crippen MR) is 77.5 cm³/mol. The smallest absolute Gasteiger partial charge is 0.238 e. The van der Waals surface area contributed by atoms with Gasteiger partial charge in [-0.25, -0.2) is 15.8 Å². The van der Waals surface area contributed by atoms with Gasteiger partial charge in [0.1, 0.15) is 0 Å². The number of nitrogens with two attached hydrogens (primary N) is 1. The van der Waals surface area contributed by atoms with E-state index in [2.05, 4.69) is 46.6 Å². The Balaban J connectivity index is 2.29. The molecule has 0 spiro atoms. The number of hydrogen-bond acceptors (Lipinski definition) is 4. The van der Waals surface area contributed by atoms with Crippen molar-refractivity contribution in [3.05, 3.63) is 54.1 Å². The van der Waals surface area contributed by atoms with Crippen LogP contribution in [-0.2, 0) is 0 Å². The number of hydrazine groups is 1. The Bertz CT molecular complexity index is 720. The number of nitrogen functional groups attached to an aromatic ring is 1. The lowest BCUT2D eigenvalue weighted by Gasteiger charge is -2.08. The minimum atomic E-state index is 0.425. The van der Waals surface area contributed by atoms with Crippen molar-refractivity contribution in [2.45, 2.75) is 6.92 Å². The summed E-state index contributed by atoms with van der Waals surface area (Å²) in [4.78, 5) is 8.82. The van der Waals surface area contributed by atoms with Gasteiger partial charge < -0.3 is 0 Å². The van der Waals surface area contributed by atoms with E-state index < -0.39 is 0 Å². The summed E-state index contributed by atoms with van der Waals surface area (Å²) in [7, 11) is 0. The molecule has 94 valence electrons. The highest BCUT2D eigenvalue weighted by atomic mass is 15.3. The number of aromatic nitrogens is 2. The maximum absolute atomic E-state index is 5.44. The molecule has 0 bridgehead atoms. The summed E-state index contributed by atoms with van der Waals surface area (Å²) in [6, 6.07) is 16.2. The third-order valence-electron chi connectivity index (χ3n) is 3.06.